The van der Waals surface area contributed by atoms with Crippen LogP contribution in [0.1, 0.15) is 27.3 Å². The minimum absolute atomic E-state index is 0.101. The predicted octanol–water partition coefficient (Wildman–Crippen LogP) is 4.81. The summed E-state index contributed by atoms with van der Waals surface area (Å²) in [4.78, 5) is 22.2. The number of aryl methyl sites for hydroxylation is 3. The number of anilines is 1. The van der Waals surface area contributed by atoms with Crippen LogP contribution >= 0.6 is 11.8 Å². The molecule has 0 radical (unpaired) electrons. The van der Waals surface area contributed by atoms with E-state index in [1.807, 2.05) is 75.4 Å². The topological polar surface area (TPSA) is 54.9 Å². The van der Waals surface area contributed by atoms with Crippen molar-refractivity contribution in [2.24, 2.45) is 0 Å². The van der Waals surface area contributed by atoms with E-state index in [1.165, 1.54) is 11.8 Å². The van der Waals surface area contributed by atoms with Crippen molar-refractivity contribution in [1.29, 1.82) is 0 Å². The van der Waals surface area contributed by atoms with Gasteiger partial charge in [0.25, 0.3) is 5.91 Å². The number of nitrogens with zero attached hydrogens (tertiary/aromatic N) is 2. The van der Waals surface area contributed by atoms with Crippen molar-refractivity contribution in [2.45, 2.75) is 30.8 Å². The first-order valence-corrected chi connectivity index (χ1v) is 8.80. The Morgan fingerprint density at radius 2 is 1.56 bits per heavy atom. The molecule has 0 aliphatic rings. The molecule has 0 atom stereocenters. The monoisotopic (exact) mass is 349 g/mol. The van der Waals surface area contributed by atoms with E-state index in [9.17, 15) is 4.79 Å². The Morgan fingerprint density at radius 3 is 2.20 bits per heavy atom. The fourth-order valence-corrected chi connectivity index (χ4v) is 3.34. The lowest BCUT2D eigenvalue weighted by Gasteiger charge is -2.08. The first-order valence-electron chi connectivity index (χ1n) is 7.98. The number of hydrogen-bond acceptors (Lipinski definition) is 4. The van der Waals surface area contributed by atoms with Crippen molar-refractivity contribution in [3.8, 4) is 0 Å². The fraction of sp³-hybridized carbons (Fsp3) is 0.150. The van der Waals surface area contributed by atoms with Crippen LogP contribution in [0.25, 0.3) is 0 Å². The van der Waals surface area contributed by atoms with Gasteiger partial charge in [-0.2, -0.15) is 0 Å². The molecule has 5 heteroatoms. The van der Waals surface area contributed by atoms with Gasteiger partial charge >= 0.3 is 0 Å². The zero-order valence-electron chi connectivity index (χ0n) is 14.4. The molecule has 0 saturated carbocycles. The average molecular weight is 349 g/mol. The van der Waals surface area contributed by atoms with Crippen LogP contribution in [0.4, 0.5) is 5.69 Å². The van der Waals surface area contributed by atoms with Gasteiger partial charge < -0.3 is 5.32 Å². The molecule has 1 heterocycles. The molecule has 0 saturated heterocycles. The first kappa shape index (κ1) is 17.2. The van der Waals surface area contributed by atoms with Crippen molar-refractivity contribution in [3.63, 3.8) is 0 Å². The van der Waals surface area contributed by atoms with Crippen molar-refractivity contribution in [2.75, 3.05) is 5.32 Å². The van der Waals surface area contributed by atoms with Gasteiger partial charge in [-0.3, -0.25) is 4.79 Å². The van der Waals surface area contributed by atoms with Crippen molar-refractivity contribution in [1.82, 2.24) is 9.97 Å². The second-order valence-electron chi connectivity index (χ2n) is 5.83. The van der Waals surface area contributed by atoms with Gasteiger partial charge in [0, 0.05) is 27.5 Å². The van der Waals surface area contributed by atoms with Crippen LogP contribution in [-0.4, -0.2) is 15.9 Å². The highest BCUT2D eigenvalue weighted by atomic mass is 32.2. The Morgan fingerprint density at radius 1 is 0.920 bits per heavy atom. The molecular formula is C20H19N3OS. The fourth-order valence-electron chi connectivity index (χ4n) is 2.48. The minimum atomic E-state index is -0.101. The Hall–Kier alpha value is -2.66. The summed E-state index contributed by atoms with van der Waals surface area (Å²) in [6.07, 6.45) is 0. The molecule has 1 aromatic heterocycles. The normalized spacial score (nSPS) is 10.5. The molecule has 0 aliphatic carbocycles. The molecule has 0 aliphatic heterocycles. The molecule has 4 nitrogen and oxygen atoms in total. The second kappa shape index (κ2) is 7.49. The lowest BCUT2D eigenvalue weighted by molar-refractivity contribution is 0.102. The van der Waals surface area contributed by atoms with Crippen molar-refractivity contribution >= 4 is 23.4 Å². The van der Waals surface area contributed by atoms with Crippen molar-refractivity contribution < 1.29 is 4.79 Å². The van der Waals surface area contributed by atoms with Crippen LogP contribution in [0.5, 0.6) is 0 Å². The highest BCUT2D eigenvalue weighted by Gasteiger charge is 2.09. The molecule has 0 fully saturated rings. The highest BCUT2D eigenvalue weighted by Crippen LogP contribution is 2.26. The lowest BCUT2D eigenvalue weighted by atomic mass is 10.1. The zero-order valence-corrected chi connectivity index (χ0v) is 15.2. The van der Waals surface area contributed by atoms with Crippen LogP contribution in [0.3, 0.4) is 0 Å². The molecule has 1 amide bonds. The van der Waals surface area contributed by atoms with Crippen LogP contribution in [0.2, 0.25) is 0 Å². The minimum Gasteiger partial charge on any atom is -0.322 e. The van der Waals surface area contributed by atoms with E-state index in [2.05, 4.69) is 15.3 Å². The predicted molar refractivity (Wildman–Crippen MR) is 101 cm³/mol. The number of aromatic nitrogens is 2. The molecule has 0 bridgehead atoms. The number of carbonyl (C=O) groups is 1. The van der Waals surface area contributed by atoms with E-state index in [0.29, 0.717) is 5.56 Å². The average Bonchev–Trinajstić information content (AvgIpc) is 2.56. The summed E-state index contributed by atoms with van der Waals surface area (Å²) >= 11 is 1.51. The number of benzene rings is 2. The first-order chi connectivity index (χ1) is 12.0. The van der Waals surface area contributed by atoms with E-state index >= 15 is 0 Å². The Bertz CT molecular complexity index is 887. The molecule has 3 rings (SSSR count). The van der Waals surface area contributed by atoms with Crippen molar-refractivity contribution in [3.05, 3.63) is 77.1 Å². The largest absolute Gasteiger partial charge is 0.322 e. The third-order valence-electron chi connectivity index (χ3n) is 3.67. The SMILES string of the molecule is Cc1cc(C)nc(Sc2ccc(NC(=O)c3ccccc3C)cc2)n1. The molecular weight excluding hydrogens is 330 g/mol. The van der Waals surface area contributed by atoms with E-state index in [4.69, 9.17) is 0 Å². The quantitative estimate of drug-likeness (QED) is 0.687. The number of amides is 1. The van der Waals surface area contributed by atoms with Crippen LogP contribution in [-0.2, 0) is 0 Å². The molecule has 2 aromatic carbocycles. The summed E-state index contributed by atoms with van der Waals surface area (Å²) in [6.45, 7) is 5.85. The highest BCUT2D eigenvalue weighted by molar-refractivity contribution is 7.99. The Labute approximate surface area is 151 Å². The third kappa shape index (κ3) is 4.45. The molecule has 0 spiro atoms. The van der Waals surface area contributed by atoms with Gasteiger partial charge in [-0.15, -0.1) is 0 Å². The van der Waals surface area contributed by atoms with Crippen LogP contribution in [0.15, 0.2) is 64.6 Å². The van der Waals surface area contributed by atoms with E-state index in [0.717, 1.165) is 32.7 Å². The number of carbonyl (C=O) groups excluding carboxylic acids is 1. The maximum Gasteiger partial charge on any atom is 0.255 e. The van der Waals surface area contributed by atoms with Gasteiger partial charge in [-0.05, 0) is 74.5 Å². The lowest BCUT2D eigenvalue weighted by Crippen LogP contribution is -2.13. The summed E-state index contributed by atoms with van der Waals surface area (Å²) in [5, 5.41) is 3.66. The van der Waals surface area contributed by atoms with Gasteiger partial charge in [0.1, 0.15) is 0 Å². The van der Waals surface area contributed by atoms with E-state index in [-0.39, 0.29) is 5.91 Å². The van der Waals surface area contributed by atoms with Gasteiger partial charge in [0.15, 0.2) is 5.16 Å². The Balaban J connectivity index is 1.70. The smallest absolute Gasteiger partial charge is 0.255 e. The molecule has 25 heavy (non-hydrogen) atoms. The van der Waals surface area contributed by atoms with Gasteiger partial charge in [-0.1, -0.05) is 18.2 Å². The van der Waals surface area contributed by atoms with Crippen LogP contribution in [0, 0.1) is 20.8 Å². The summed E-state index contributed by atoms with van der Waals surface area (Å²) < 4.78 is 0. The summed E-state index contributed by atoms with van der Waals surface area (Å²) in [7, 11) is 0. The summed E-state index contributed by atoms with van der Waals surface area (Å²) in [5.41, 5.74) is 4.32. The van der Waals surface area contributed by atoms with E-state index in [1.54, 1.807) is 0 Å². The van der Waals surface area contributed by atoms with Gasteiger partial charge in [0.2, 0.25) is 0 Å². The summed E-state index contributed by atoms with van der Waals surface area (Å²) in [5.74, 6) is -0.101. The molecule has 0 unspecified atom stereocenters. The van der Waals surface area contributed by atoms with Crippen LogP contribution < -0.4 is 5.32 Å². The summed E-state index contributed by atoms with van der Waals surface area (Å²) in [6, 6.07) is 17.2. The standard InChI is InChI=1S/C20H19N3OS/c1-13-6-4-5-7-18(13)19(24)23-16-8-10-17(11-9-16)25-20-21-14(2)12-15(3)22-20/h4-12H,1-3H3,(H,23,24). The maximum atomic E-state index is 12.3. The van der Waals surface area contributed by atoms with Gasteiger partial charge in [0.05, 0.1) is 0 Å². The zero-order chi connectivity index (χ0) is 17.8. The Kier molecular flexibility index (Phi) is 5.14. The number of hydrogen-bond donors (Lipinski definition) is 1. The molecule has 3 aromatic rings. The van der Waals surface area contributed by atoms with Gasteiger partial charge in [-0.25, -0.2) is 9.97 Å². The van der Waals surface area contributed by atoms with E-state index < -0.39 is 0 Å². The maximum absolute atomic E-state index is 12.3. The number of nitrogens with one attached hydrogen (secondary N) is 1. The third-order valence-corrected chi connectivity index (χ3v) is 4.55. The second-order valence-corrected chi connectivity index (χ2v) is 6.87. The molecule has 126 valence electrons. The number of rotatable bonds is 4. The molecule has 1 N–H and O–H groups in total.